The van der Waals surface area contributed by atoms with Crippen LogP contribution in [-0.2, 0) is 0 Å². The number of hydrogen-bond donors (Lipinski definition) is 0. The number of nitriles is 2. The maximum Gasteiger partial charge on any atom is 0.220 e. The molecule has 56 heavy (non-hydrogen) atoms. The molecular weight excluding hydrogens is 697 g/mol. The molecule has 0 fully saturated rings. The zero-order chi connectivity index (χ0) is 36.8. The lowest BCUT2D eigenvalue weighted by Crippen LogP contribution is -1.95. The second-order valence-electron chi connectivity index (χ2n) is 14.2. The Bertz CT molecular complexity index is 3720. The summed E-state index contributed by atoms with van der Waals surface area (Å²) in [4.78, 5) is 10.6. The van der Waals surface area contributed by atoms with Crippen molar-refractivity contribution in [1.29, 1.82) is 10.5 Å². The molecule has 6 aromatic heterocycles. The first-order valence-corrected chi connectivity index (χ1v) is 18.1. The summed E-state index contributed by atoms with van der Waals surface area (Å²) in [7, 11) is 0. The molecule has 13 rings (SSSR count). The summed E-state index contributed by atoms with van der Waals surface area (Å²) in [6.07, 6.45) is 0. The molecule has 0 aliphatic carbocycles. The highest BCUT2D eigenvalue weighted by atomic mass is 16.3. The average molecular weight is 719 g/mol. The highest BCUT2D eigenvalue weighted by Gasteiger charge is 2.23. The van der Waals surface area contributed by atoms with E-state index in [1.807, 2.05) is 60.7 Å². The molecule has 10 heteroatoms. The number of benzene rings is 7. The predicted molar refractivity (Wildman–Crippen MR) is 217 cm³/mol. The van der Waals surface area contributed by atoms with Crippen LogP contribution in [0.15, 0.2) is 142 Å². The number of fused-ring (bicyclic) bond motifs is 16. The maximum absolute atomic E-state index is 9.60. The average Bonchev–Trinajstić information content (AvgIpc) is 4.07. The van der Waals surface area contributed by atoms with Crippen molar-refractivity contribution in [3.63, 3.8) is 0 Å². The van der Waals surface area contributed by atoms with Crippen molar-refractivity contribution in [2.75, 3.05) is 0 Å². The van der Waals surface area contributed by atoms with Crippen LogP contribution in [0.25, 0.3) is 111 Å². The van der Waals surface area contributed by atoms with Gasteiger partial charge in [-0.1, -0.05) is 24.3 Å². The van der Waals surface area contributed by atoms with E-state index in [4.69, 9.17) is 18.8 Å². The van der Waals surface area contributed by atoms with Gasteiger partial charge in [-0.15, -0.1) is 0 Å². The van der Waals surface area contributed by atoms with Gasteiger partial charge in [-0.05, 0) is 109 Å². The molecule has 0 unspecified atom stereocenters. The van der Waals surface area contributed by atoms with Gasteiger partial charge >= 0.3 is 0 Å². The van der Waals surface area contributed by atoms with Crippen molar-refractivity contribution in [2.45, 2.75) is 0 Å². The van der Waals surface area contributed by atoms with Crippen LogP contribution in [0.1, 0.15) is 11.1 Å². The molecule has 0 amide bonds. The van der Waals surface area contributed by atoms with E-state index in [1.165, 1.54) is 0 Å². The topological polar surface area (TPSA) is 118 Å². The molecule has 0 bridgehead atoms. The Balaban J connectivity index is 1.06. The van der Waals surface area contributed by atoms with E-state index in [9.17, 15) is 10.5 Å². The van der Waals surface area contributed by atoms with Crippen LogP contribution >= 0.6 is 0 Å². The Labute approximate surface area is 314 Å². The summed E-state index contributed by atoms with van der Waals surface area (Å²) in [5.74, 6) is 1.56. The molecule has 0 spiro atoms. The minimum atomic E-state index is 0.587. The molecule has 258 valence electrons. The first-order chi connectivity index (χ1) is 27.6. The van der Waals surface area contributed by atoms with Crippen LogP contribution in [0.2, 0.25) is 0 Å². The van der Waals surface area contributed by atoms with Gasteiger partial charge in [0.05, 0.1) is 78.8 Å². The second-order valence-corrected chi connectivity index (χ2v) is 14.2. The number of aromatic nitrogens is 6. The van der Waals surface area contributed by atoms with Crippen LogP contribution in [0, 0.1) is 22.7 Å². The summed E-state index contributed by atoms with van der Waals surface area (Å²) in [6, 6.07) is 48.8. The van der Waals surface area contributed by atoms with Crippen LogP contribution in [-0.4, -0.2) is 27.9 Å². The van der Waals surface area contributed by atoms with Crippen molar-refractivity contribution >= 4 is 99.6 Å². The molecule has 0 radical (unpaired) electrons. The van der Waals surface area contributed by atoms with E-state index in [2.05, 4.69) is 90.7 Å². The third-order valence-electron chi connectivity index (χ3n) is 11.2. The smallest absolute Gasteiger partial charge is 0.220 e. The van der Waals surface area contributed by atoms with Gasteiger partial charge in [0.15, 0.2) is 0 Å². The van der Waals surface area contributed by atoms with E-state index in [0.717, 1.165) is 111 Å². The molecule has 7 aromatic carbocycles. The van der Waals surface area contributed by atoms with Crippen molar-refractivity contribution < 1.29 is 8.83 Å². The Morgan fingerprint density at radius 2 is 0.804 bits per heavy atom. The second kappa shape index (κ2) is 10.2. The summed E-state index contributed by atoms with van der Waals surface area (Å²) >= 11 is 0. The number of nitrogens with zero attached hydrogens (tertiary/aromatic N) is 8. The minimum absolute atomic E-state index is 0.587. The van der Waals surface area contributed by atoms with E-state index >= 15 is 0 Å². The van der Waals surface area contributed by atoms with Crippen LogP contribution < -0.4 is 0 Å². The zero-order valence-corrected chi connectivity index (χ0v) is 29.1. The van der Waals surface area contributed by atoms with Gasteiger partial charge in [-0.2, -0.15) is 10.5 Å². The summed E-state index contributed by atoms with van der Waals surface area (Å²) in [5.41, 5.74) is 13.7. The van der Waals surface area contributed by atoms with Gasteiger partial charge in [0.1, 0.15) is 22.3 Å². The Morgan fingerprint density at radius 1 is 0.411 bits per heavy atom. The molecule has 10 nitrogen and oxygen atoms in total. The number of para-hydroxylation sites is 4. The molecule has 0 aliphatic rings. The lowest BCUT2D eigenvalue weighted by Gasteiger charge is -2.05. The van der Waals surface area contributed by atoms with Gasteiger partial charge in [0.25, 0.3) is 0 Å². The monoisotopic (exact) mass is 718 g/mol. The van der Waals surface area contributed by atoms with Gasteiger partial charge in [0.2, 0.25) is 11.6 Å². The van der Waals surface area contributed by atoms with Gasteiger partial charge in [-0.25, -0.2) is 9.97 Å². The Hall–Kier alpha value is -8.34. The lowest BCUT2D eigenvalue weighted by molar-refractivity contribution is 0.668. The van der Waals surface area contributed by atoms with Gasteiger partial charge < -0.3 is 8.83 Å². The summed E-state index contributed by atoms with van der Waals surface area (Å²) in [5, 5.41) is 22.9. The number of imidazole rings is 4. The largest absolute Gasteiger partial charge is 0.456 e. The van der Waals surface area contributed by atoms with Crippen molar-refractivity contribution in [3.8, 4) is 23.5 Å². The van der Waals surface area contributed by atoms with Gasteiger partial charge in [-0.3, -0.25) is 17.9 Å². The Kier molecular flexibility index (Phi) is 5.31. The highest BCUT2D eigenvalue weighted by molar-refractivity contribution is 6.08. The minimum Gasteiger partial charge on any atom is -0.456 e. The van der Waals surface area contributed by atoms with Crippen LogP contribution in [0.5, 0.6) is 0 Å². The summed E-state index contributed by atoms with van der Waals surface area (Å²) in [6.45, 7) is 0. The fraction of sp³-hybridized carbons (Fsp3) is 0. The Morgan fingerprint density at radius 3 is 1.23 bits per heavy atom. The van der Waals surface area contributed by atoms with Crippen LogP contribution in [0.3, 0.4) is 0 Å². The first-order valence-electron chi connectivity index (χ1n) is 18.1. The van der Waals surface area contributed by atoms with Crippen molar-refractivity contribution in [3.05, 3.63) is 145 Å². The fourth-order valence-corrected chi connectivity index (χ4v) is 8.76. The van der Waals surface area contributed by atoms with E-state index in [0.29, 0.717) is 11.1 Å². The first kappa shape index (κ1) is 29.2. The number of hydrogen-bond acceptors (Lipinski definition) is 6. The van der Waals surface area contributed by atoms with E-state index in [1.54, 1.807) is 12.1 Å². The molecule has 0 aliphatic heterocycles. The third kappa shape index (κ3) is 3.66. The molecule has 0 saturated carbocycles. The zero-order valence-electron chi connectivity index (χ0n) is 29.1. The standard InChI is InChI=1S/C46H22N8O2/c47-23-25-9-13-41-29(17-25)31-19-27(11-15-43(31)55-41)51-35-5-1-3-7-37(35)53-39-21-34-40(22-33(39)49-45(51)53)54-38-8-4-2-6-36(38)52(46(54)50-34)28-12-16-44-32(20-28)30-18-26(24-48)10-14-42(30)56-44/h1-22H. The van der Waals surface area contributed by atoms with Crippen molar-refractivity contribution in [1.82, 2.24) is 27.9 Å². The summed E-state index contributed by atoms with van der Waals surface area (Å²) < 4.78 is 21.1. The normalized spacial score (nSPS) is 12.2. The lowest BCUT2D eigenvalue weighted by atomic mass is 10.1. The van der Waals surface area contributed by atoms with E-state index < -0.39 is 0 Å². The molecular formula is C46H22N8O2. The van der Waals surface area contributed by atoms with Crippen molar-refractivity contribution in [2.24, 2.45) is 0 Å². The van der Waals surface area contributed by atoms with Gasteiger partial charge in [0, 0.05) is 21.5 Å². The number of furan rings is 2. The highest BCUT2D eigenvalue weighted by Crippen LogP contribution is 2.38. The van der Waals surface area contributed by atoms with E-state index in [-0.39, 0.29) is 0 Å². The number of rotatable bonds is 2. The SMILES string of the molecule is N#Cc1ccc2oc3ccc(-n4c5ccccc5n5c6cc7nc8n(-c9ccc%10oc%11ccc(C#N)cc%11c%10c9)c9ccccc9n8c7cc6nc45)cc3c2c1. The molecule has 6 heterocycles. The fourth-order valence-electron chi connectivity index (χ4n) is 8.76. The predicted octanol–water partition coefficient (Wildman–Crippen LogP) is 10.7. The maximum atomic E-state index is 9.60. The quantitative estimate of drug-likeness (QED) is 0.176. The van der Waals surface area contributed by atoms with Crippen LogP contribution in [0.4, 0.5) is 0 Å². The molecule has 0 atom stereocenters. The molecule has 0 saturated heterocycles. The third-order valence-corrected chi connectivity index (χ3v) is 11.2. The molecule has 0 N–H and O–H groups in total. The molecule has 13 aromatic rings.